The summed E-state index contributed by atoms with van der Waals surface area (Å²) in [4.78, 5) is 11.3. The topological polar surface area (TPSA) is 26.3 Å². The molecule has 0 saturated heterocycles. The number of hydrogen-bond donors (Lipinski definition) is 0. The first-order valence-corrected chi connectivity index (χ1v) is 6.61. The summed E-state index contributed by atoms with van der Waals surface area (Å²) in [5, 5.41) is 0.840. The number of rotatable bonds is 4. The predicted molar refractivity (Wildman–Crippen MR) is 77.2 cm³/mol. The van der Waals surface area contributed by atoms with Crippen LogP contribution in [0.5, 0.6) is 5.75 Å². The molecule has 2 aromatic rings. The summed E-state index contributed by atoms with van der Waals surface area (Å²) < 4.78 is 19.5. The second kappa shape index (κ2) is 6.25. The van der Waals surface area contributed by atoms with E-state index in [1.165, 1.54) is 13.0 Å². The molecular weight excluding hydrogens is 302 g/mol. The van der Waals surface area contributed by atoms with Crippen LogP contribution in [0.25, 0.3) is 0 Å². The van der Waals surface area contributed by atoms with Gasteiger partial charge < -0.3 is 4.74 Å². The van der Waals surface area contributed by atoms with Crippen molar-refractivity contribution < 1.29 is 13.9 Å². The van der Waals surface area contributed by atoms with Crippen LogP contribution in [0.2, 0.25) is 10.0 Å². The molecule has 2 nitrogen and oxygen atoms in total. The molecule has 104 valence electrons. The highest BCUT2D eigenvalue weighted by Gasteiger charge is 2.12. The molecule has 2 aromatic carbocycles. The number of ketones is 1. The van der Waals surface area contributed by atoms with Crippen LogP contribution in [0, 0.1) is 5.82 Å². The molecule has 0 amide bonds. The van der Waals surface area contributed by atoms with E-state index in [4.69, 9.17) is 27.9 Å². The van der Waals surface area contributed by atoms with Gasteiger partial charge in [0.25, 0.3) is 0 Å². The molecule has 0 fully saturated rings. The van der Waals surface area contributed by atoms with Gasteiger partial charge in [0, 0.05) is 10.6 Å². The van der Waals surface area contributed by atoms with Crippen LogP contribution >= 0.6 is 23.2 Å². The van der Waals surface area contributed by atoms with Gasteiger partial charge in [-0.1, -0.05) is 35.3 Å². The SMILES string of the molecule is CC(=O)c1cccc(COc2ccc(Cl)cc2Cl)c1F. The number of ether oxygens (including phenoxy) is 1. The highest BCUT2D eigenvalue weighted by atomic mass is 35.5. The highest BCUT2D eigenvalue weighted by Crippen LogP contribution is 2.28. The van der Waals surface area contributed by atoms with Crippen LogP contribution in [0.3, 0.4) is 0 Å². The van der Waals surface area contributed by atoms with Gasteiger partial charge in [-0.25, -0.2) is 4.39 Å². The second-order valence-electron chi connectivity index (χ2n) is 4.20. The lowest BCUT2D eigenvalue weighted by Gasteiger charge is -2.10. The molecule has 0 atom stereocenters. The van der Waals surface area contributed by atoms with Crippen molar-refractivity contribution in [3.63, 3.8) is 0 Å². The Morgan fingerprint density at radius 1 is 1.25 bits per heavy atom. The zero-order valence-electron chi connectivity index (χ0n) is 10.6. The molecule has 2 rings (SSSR count). The van der Waals surface area contributed by atoms with Crippen molar-refractivity contribution in [1.29, 1.82) is 0 Å². The third-order valence-electron chi connectivity index (χ3n) is 2.74. The molecule has 0 radical (unpaired) electrons. The maximum Gasteiger partial charge on any atom is 0.162 e. The van der Waals surface area contributed by atoms with E-state index in [2.05, 4.69) is 0 Å². The number of Topliss-reactive ketones (excluding diaryl/α,β-unsaturated/α-hetero) is 1. The number of benzene rings is 2. The fourth-order valence-electron chi connectivity index (χ4n) is 1.71. The molecule has 0 bridgehead atoms. The van der Waals surface area contributed by atoms with E-state index in [1.807, 2.05) is 0 Å². The summed E-state index contributed by atoms with van der Waals surface area (Å²) in [6.07, 6.45) is 0. The predicted octanol–water partition coefficient (Wildman–Crippen LogP) is 4.91. The molecule has 5 heteroatoms. The van der Waals surface area contributed by atoms with E-state index in [1.54, 1.807) is 30.3 Å². The van der Waals surface area contributed by atoms with E-state index in [9.17, 15) is 9.18 Å². The maximum atomic E-state index is 14.0. The fourth-order valence-corrected chi connectivity index (χ4v) is 2.17. The molecule has 0 heterocycles. The Morgan fingerprint density at radius 2 is 2.00 bits per heavy atom. The summed E-state index contributed by atoms with van der Waals surface area (Å²) in [5.74, 6) is -0.484. The first kappa shape index (κ1) is 14.8. The molecule has 0 N–H and O–H groups in total. The average Bonchev–Trinajstić information content (AvgIpc) is 2.39. The minimum Gasteiger partial charge on any atom is -0.487 e. The van der Waals surface area contributed by atoms with Crippen molar-refractivity contribution in [3.8, 4) is 5.75 Å². The van der Waals surface area contributed by atoms with Gasteiger partial charge in [0.15, 0.2) is 5.78 Å². The van der Waals surface area contributed by atoms with Crippen molar-refractivity contribution in [2.24, 2.45) is 0 Å². The van der Waals surface area contributed by atoms with Gasteiger partial charge >= 0.3 is 0 Å². The Balaban J connectivity index is 2.19. The molecule has 20 heavy (non-hydrogen) atoms. The van der Waals surface area contributed by atoms with Crippen LogP contribution in [-0.4, -0.2) is 5.78 Å². The standard InChI is InChI=1S/C15H11Cl2FO2/c1-9(19)12-4-2-3-10(15(12)18)8-20-14-6-5-11(16)7-13(14)17/h2-7H,8H2,1H3. The van der Waals surface area contributed by atoms with Crippen molar-refractivity contribution in [2.45, 2.75) is 13.5 Å². The lowest BCUT2D eigenvalue weighted by Crippen LogP contribution is -2.04. The van der Waals surface area contributed by atoms with Crippen molar-refractivity contribution in [2.75, 3.05) is 0 Å². The van der Waals surface area contributed by atoms with Gasteiger partial charge in [-0.3, -0.25) is 4.79 Å². The fraction of sp³-hybridized carbons (Fsp3) is 0.133. The zero-order chi connectivity index (χ0) is 14.7. The largest absolute Gasteiger partial charge is 0.487 e. The third kappa shape index (κ3) is 3.30. The van der Waals surface area contributed by atoms with E-state index in [0.717, 1.165) is 0 Å². The number of halogens is 3. The van der Waals surface area contributed by atoms with Gasteiger partial charge in [0.1, 0.15) is 18.2 Å². The molecule has 0 spiro atoms. The number of hydrogen-bond acceptors (Lipinski definition) is 2. The van der Waals surface area contributed by atoms with Crippen molar-refractivity contribution in [3.05, 3.63) is 63.4 Å². The van der Waals surface area contributed by atoms with E-state index < -0.39 is 5.82 Å². The van der Waals surface area contributed by atoms with Gasteiger partial charge in [-0.05, 0) is 31.2 Å². The van der Waals surface area contributed by atoms with Gasteiger partial charge in [0.2, 0.25) is 0 Å². The molecule has 0 aromatic heterocycles. The maximum absolute atomic E-state index is 14.0. The smallest absolute Gasteiger partial charge is 0.162 e. The van der Waals surface area contributed by atoms with Crippen LogP contribution in [0.1, 0.15) is 22.8 Å². The lowest BCUT2D eigenvalue weighted by molar-refractivity contribution is 0.101. The van der Waals surface area contributed by atoms with E-state index in [0.29, 0.717) is 21.4 Å². The van der Waals surface area contributed by atoms with Crippen LogP contribution in [0.4, 0.5) is 4.39 Å². The highest BCUT2D eigenvalue weighted by molar-refractivity contribution is 6.35. The zero-order valence-corrected chi connectivity index (χ0v) is 12.1. The monoisotopic (exact) mass is 312 g/mol. The first-order chi connectivity index (χ1) is 9.49. The van der Waals surface area contributed by atoms with Crippen molar-refractivity contribution in [1.82, 2.24) is 0 Å². The molecule has 0 aliphatic heterocycles. The first-order valence-electron chi connectivity index (χ1n) is 5.85. The van der Waals surface area contributed by atoms with Crippen LogP contribution < -0.4 is 4.74 Å². The minimum absolute atomic E-state index is 0.0195. The Hall–Kier alpha value is -1.58. The van der Waals surface area contributed by atoms with Crippen molar-refractivity contribution >= 4 is 29.0 Å². The average molecular weight is 313 g/mol. The summed E-state index contributed by atoms with van der Waals surface area (Å²) in [5.41, 5.74) is 0.344. The summed E-state index contributed by atoms with van der Waals surface area (Å²) in [6.45, 7) is 1.30. The van der Waals surface area contributed by atoms with Crippen LogP contribution in [-0.2, 0) is 6.61 Å². The summed E-state index contributed by atoms with van der Waals surface area (Å²) >= 11 is 11.7. The lowest BCUT2D eigenvalue weighted by atomic mass is 10.1. The molecule has 0 unspecified atom stereocenters. The molecule has 0 saturated carbocycles. The van der Waals surface area contributed by atoms with E-state index in [-0.39, 0.29) is 18.0 Å². The molecule has 0 aliphatic carbocycles. The Bertz CT molecular complexity index is 656. The van der Waals surface area contributed by atoms with E-state index >= 15 is 0 Å². The summed E-state index contributed by atoms with van der Waals surface area (Å²) in [7, 11) is 0. The molecular formula is C15H11Cl2FO2. The summed E-state index contributed by atoms with van der Waals surface area (Å²) in [6, 6.07) is 9.40. The normalized spacial score (nSPS) is 10.4. The van der Waals surface area contributed by atoms with Gasteiger partial charge in [0.05, 0.1) is 10.6 Å². The third-order valence-corrected chi connectivity index (χ3v) is 3.27. The minimum atomic E-state index is -0.565. The Kier molecular flexibility index (Phi) is 4.63. The van der Waals surface area contributed by atoms with Gasteiger partial charge in [-0.15, -0.1) is 0 Å². The van der Waals surface area contributed by atoms with Gasteiger partial charge in [-0.2, -0.15) is 0 Å². The second-order valence-corrected chi connectivity index (χ2v) is 5.04. The van der Waals surface area contributed by atoms with Crippen LogP contribution in [0.15, 0.2) is 36.4 Å². The number of carbonyl (C=O) groups is 1. The Labute approximate surface area is 126 Å². The Morgan fingerprint density at radius 3 is 2.65 bits per heavy atom. The number of carbonyl (C=O) groups excluding carboxylic acids is 1. The quantitative estimate of drug-likeness (QED) is 0.749. The molecule has 0 aliphatic rings.